The first-order chi connectivity index (χ1) is 27.1. The smallest absolute Gasteiger partial charge is 0.0541 e. The predicted molar refractivity (Wildman–Crippen MR) is 231 cm³/mol. The lowest BCUT2D eigenvalue weighted by Gasteiger charge is -2.33. The molecule has 2 heterocycles. The van der Waals surface area contributed by atoms with Gasteiger partial charge in [0.15, 0.2) is 0 Å². The van der Waals surface area contributed by atoms with E-state index in [1.54, 1.807) is 0 Å². The molecule has 0 N–H and O–H groups in total. The van der Waals surface area contributed by atoms with Gasteiger partial charge in [-0.05, 0) is 121 Å². The van der Waals surface area contributed by atoms with Crippen LogP contribution in [-0.2, 0) is 18.3 Å². The molecule has 0 unspecified atom stereocenters. The van der Waals surface area contributed by atoms with Crippen LogP contribution in [-0.4, -0.2) is 9.13 Å². The summed E-state index contributed by atoms with van der Waals surface area (Å²) in [5, 5.41) is 5.18. The zero-order valence-electron chi connectivity index (χ0n) is 31.1. The van der Waals surface area contributed by atoms with Crippen molar-refractivity contribution in [2.45, 2.75) is 32.1 Å². The van der Waals surface area contributed by atoms with Gasteiger partial charge in [-0.3, -0.25) is 0 Å². The highest BCUT2D eigenvalue weighted by Gasteiger charge is 2.43. The van der Waals surface area contributed by atoms with Crippen molar-refractivity contribution in [3.8, 4) is 22.5 Å². The van der Waals surface area contributed by atoms with Crippen molar-refractivity contribution >= 4 is 43.6 Å². The first-order valence-corrected chi connectivity index (χ1v) is 19.4. The van der Waals surface area contributed by atoms with Gasteiger partial charge in [0.05, 0.1) is 22.1 Å². The molecule has 2 nitrogen and oxygen atoms in total. The lowest BCUT2D eigenvalue weighted by Crippen LogP contribution is -2.31. The Morgan fingerprint density at radius 3 is 1.22 bits per heavy atom. The van der Waals surface area contributed by atoms with Crippen LogP contribution in [0.3, 0.4) is 0 Å². The second-order valence-corrected chi connectivity index (χ2v) is 15.6. The van der Waals surface area contributed by atoms with Crippen molar-refractivity contribution in [3.63, 3.8) is 0 Å². The molecule has 8 aromatic carbocycles. The van der Waals surface area contributed by atoms with Crippen molar-refractivity contribution in [1.82, 2.24) is 9.13 Å². The standard InChI is InChI=1S/C53H40N2/c1-35-21-25-41-42-26-22-36(2)30-48(42)53(47(41)29-35,33-37-23-27-51-45(31-37)43-17-9-11-19-49(43)54(51)39-13-5-3-6-14-39)34-38-24-28-52-46(32-38)44-18-10-12-20-50(44)55(52)40-15-7-4-8-16-40/h3-32H,33-34H2,1-2H3. The second kappa shape index (κ2) is 12.2. The SMILES string of the molecule is Cc1ccc2c(c1)C(Cc1ccc3c(c1)c1ccccc1n3-c1ccccc1)(Cc1ccc3c(c1)c1ccccc1n3-c1ccccc1)c1cc(C)ccc1-2. The molecule has 10 aromatic rings. The molecule has 0 saturated carbocycles. The number of hydrogen-bond donors (Lipinski definition) is 0. The Kier molecular flexibility index (Phi) is 7.06. The number of aryl methyl sites for hydroxylation is 2. The van der Waals surface area contributed by atoms with E-state index in [1.807, 2.05) is 0 Å². The quantitative estimate of drug-likeness (QED) is 0.163. The second-order valence-electron chi connectivity index (χ2n) is 15.6. The third-order valence-corrected chi connectivity index (χ3v) is 12.2. The number of aromatic nitrogens is 2. The molecule has 0 aliphatic heterocycles. The summed E-state index contributed by atoms with van der Waals surface area (Å²) in [6, 6.07) is 68.0. The van der Waals surface area contributed by atoms with E-state index in [4.69, 9.17) is 0 Å². The fourth-order valence-corrected chi connectivity index (χ4v) is 9.83. The largest absolute Gasteiger partial charge is 0.309 e. The maximum atomic E-state index is 2.48. The highest BCUT2D eigenvalue weighted by Crippen LogP contribution is 2.53. The molecular formula is C53H40N2. The van der Waals surface area contributed by atoms with Crippen LogP contribution in [0.2, 0.25) is 0 Å². The minimum Gasteiger partial charge on any atom is -0.309 e. The molecule has 1 aliphatic rings. The lowest BCUT2D eigenvalue weighted by molar-refractivity contribution is 0.520. The van der Waals surface area contributed by atoms with Gasteiger partial charge >= 0.3 is 0 Å². The predicted octanol–water partition coefficient (Wildman–Crippen LogP) is 13.2. The first kappa shape index (κ1) is 31.8. The molecule has 1 aliphatic carbocycles. The van der Waals surface area contributed by atoms with E-state index in [0.717, 1.165) is 12.8 Å². The van der Waals surface area contributed by atoms with E-state index in [-0.39, 0.29) is 5.41 Å². The number of hydrogen-bond acceptors (Lipinski definition) is 0. The monoisotopic (exact) mass is 704 g/mol. The molecule has 55 heavy (non-hydrogen) atoms. The third kappa shape index (κ3) is 4.88. The van der Waals surface area contributed by atoms with E-state index in [0.29, 0.717) is 0 Å². The van der Waals surface area contributed by atoms with Gasteiger partial charge in [0, 0.05) is 38.3 Å². The maximum Gasteiger partial charge on any atom is 0.0541 e. The number of fused-ring (bicyclic) bond motifs is 9. The summed E-state index contributed by atoms with van der Waals surface area (Å²) >= 11 is 0. The van der Waals surface area contributed by atoms with Crippen molar-refractivity contribution < 1.29 is 0 Å². The Morgan fingerprint density at radius 2 is 0.764 bits per heavy atom. The van der Waals surface area contributed by atoms with Gasteiger partial charge in [-0.2, -0.15) is 0 Å². The van der Waals surface area contributed by atoms with E-state index >= 15 is 0 Å². The highest BCUT2D eigenvalue weighted by molar-refractivity contribution is 6.10. The average Bonchev–Trinajstić information content (AvgIpc) is 3.82. The zero-order valence-corrected chi connectivity index (χ0v) is 31.1. The Hall–Kier alpha value is -6.64. The van der Waals surface area contributed by atoms with Gasteiger partial charge in [-0.1, -0.05) is 132 Å². The summed E-state index contributed by atoms with van der Waals surface area (Å²) in [7, 11) is 0. The summed E-state index contributed by atoms with van der Waals surface area (Å²) in [5.74, 6) is 0. The van der Waals surface area contributed by atoms with Crippen LogP contribution in [0.1, 0.15) is 33.4 Å². The van der Waals surface area contributed by atoms with Crippen LogP contribution in [0.15, 0.2) is 182 Å². The number of para-hydroxylation sites is 4. The lowest BCUT2D eigenvalue weighted by atomic mass is 9.69. The van der Waals surface area contributed by atoms with Crippen LogP contribution >= 0.6 is 0 Å². The van der Waals surface area contributed by atoms with Gasteiger partial charge in [0.1, 0.15) is 0 Å². The van der Waals surface area contributed by atoms with Gasteiger partial charge in [-0.15, -0.1) is 0 Å². The molecule has 0 fully saturated rings. The van der Waals surface area contributed by atoms with Crippen LogP contribution < -0.4 is 0 Å². The maximum absolute atomic E-state index is 2.48. The summed E-state index contributed by atoms with van der Waals surface area (Å²) in [5.41, 5.74) is 18.0. The molecular weight excluding hydrogens is 665 g/mol. The van der Waals surface area contributed by atoms with Gasteiger partial charge in [-0.25, -0.2) is 0 Å². The van der Waals surface area contributed by atoms with E-state index < -0.39 is 0 Å². The normalized spacial score (nSPS) is 13.2. The van der Waals surface area contributed by atoms with E-state index in [1.165, 1.54) is 99.5 Å². The molecule has 0 saturated heterocycles. The van der Waals surface area contributed by atoms with Crippen LogP contribution in [0, 0.1) is 13.8 Å². The molecule has 0 bridgehead atoms. The van der Waals surface area contributed by atoms with Crippen molar-refractivity contribution in [2.75, 3.05) is 0 Å². The fraction of sp³-hybridized carbons (Fsp3) is 0.0943. The Labute approximate surface area is 321 Å². The fourth-order valence-electron chi connectivity index (χ4n) is 9.83. The van der Waals surface area contributed by atoms with Crippen molar-refractivity contribution in [2.24, 2.45) is 0 Å². The molecule has 2 heteroatoms. The van der Waals surface area contributed by atoms with Crippen LogP contribution in [0.4, 0.5) is 0 Å². The molecule has 0 amide bonds. The molecule has 0 atom stereocenters. The average molecular weight is 705 g/mol. The van der Waals surface area contributed by atoms with E-state index in [2.05, 4.69) is 205 Å². The zero-order chi connectivity index (χ0) is 36.7. The number of rotatable bonds is 6. The van der Waals surface area contributed by atoms with Gasteiger partial charge < -0.3 is 9.13 Å². The number of benzene rings is 8. The van der Waals surface area contributed by atoms with Crippen LogP contribution in [0.5, 0.6) is 0 Å². The van der Waals surface area contributed by atoms with Crippen molar-refractivity contribution in [1.29, 1.82) is 0 Å². The summed E-state index contributed by atoms with van der Waals surface area (Å²) in [4.78, 5) is 0. The third-order valence-electron chi connectivity index (χ3n) is 12.2. The van der Waals surface area contributed by atoms with Crippen LogP contribution in [0.25, 0.3) is 66.1 Å². The Bertz CT molecular complexity index is 2890. The molecule has 0 radical (unpaired) electrons. The molecule has 0 spiro atoms. The summed E-state index contributed by atoms with van der Waals surface area (Å²) < 4.78 is 4.83. The first-order valence-electron chi connectivity index (χ1n) is 19.4. The Balaban J connectivity index is 1.13. The topological polar surface area (TPSA) is 9.86 Å². The van der Waals surface area contributed by atoms with Gasteiger partial charge in [0.25, 0.3) is 0 Å². The molecule has 11 rings (SSSR count). The molecule has 262 valence electrons. The highest BCUT2D eigenvalue weighted by atomic mass is 15.0. The Morgan fingerprint density at radius 1 is 0.364 bits per heavy atom. The summed E-state index contributed by atoms with van der Waals surface area (Å²) in [6.07, 6.45) is 1.79. The minimum absolute atomic E-state index is 0.264. The minimum atomic E-state index is -0.264. The number of nitrogens with zero attached hydrogens (tertiary/aromatic N) is 2. The van der Waals surface area contributed by atoms with E-state index in [9.17, 15) is 0 Å². The summed E-state index contributed by atoms with van der Waals surface area (Å²) in [6.45, 7) is 4.49. The van der Waals surface area contributed by atoms with Gasteiger partial charge in [0.2, 0.25) is 0 Å². The van der Waals surface area contributed by atoms with Crippen molar-refractivity contribution in [3.05, 3.63) is 215 Å². The molecule has 2 aromatic heterocycles.